The van der Waals surface area contributed by atoms with Gasteiger partial charge in [-0.3, -0.25) is 4.90 Å². The first-order valence-electron chi connectivity index (χ1n) is 11.3. The maximum atomic E-state index is 12.8. The van der Waals surface area contributed by atoms with Crippen molar-refractivity contribution < 1.29 is 19.1 Å². The van der Waals surface area contributed by atoms with Crippen molar-refractivity contribution in [2.24, 2.45) is 0 Å². The molecule has 1 aromatic heterocycles. The lowest BCUT2D eigenvalue weighted by Gasteiger charge is -2.37. The third kappa shape index (κ3) is 7.11. The molecule has 7 nitrogen and oxygen atoms in total. The van der Waals surface area contributed by atoms with E-state index in [1.165, 1.54) is 0 Å². The number of hydrogen-bond acceptors (Lipinski definition) is 5. The highest BCUT2D eigenvalue weighted by Crippen LogP contribution is 2.33. The van der Waals surface area contributed by atoms with Crippen LogP contribution in [0.4, 0.5) is 15.4 Å². The summed E-state index contributed by atoms with van der Waals surface area (Å²) in [7, 11) is 0. The number of amides is 2. The first kappa shape index (κ1) is 25.0. The SMILES string of the molecule is CCC(C)N(C(=O)OC(C)(C)C)c1ccc(C2CCCCN2C(=O)OC(C)(C)C)cn1. The van der Waals surface area contributed by atoms with Crippen LogP contribution in [0, 0.1) is 0 Å². The summed E-state index contributed by atoms with van der Waals surface area (Å²) in [6.07, 6.45) is 4.71. The van der Waals surface area contributed by atoms with Crippen LogP contribution < -0.4 is 4.90 Å². The Morgan fingerprint density at radius 2 is 1.77 bits per heavy atom. The Balaban J connectivity index is 2.26. The molecule has 7 heteroatoms. The second kappa shape index (κ2) is 9.88. The van der Waals surface area contributed by atoms with Gasteiger partial charge < -0.3 is 14.4 Å². The summed E-state index contributed by atoms with van der Waals surface area (Å²) in [6.45, 7) is 15.8. The van der Waals surface area contributed by atoms with Gasteiger partial charge in [-0.15, -0.1) is 0 Å². The second-order valence-corrected chi connectivity index (χ2v) is 10.2. The molecule has 0 saturated carbocycles. The molecular formula is C24H39N3O4. The van der Waals surface area contributed by atoms with E-state index in [1.807, 2.05) is 67.5 Å². The third-order valence-corrected chi connectivity index (χ3v) is 5.15. The Bertz CT molecular complexity index is 750. The topological polar surface area (TPSA) is 72.0 Å². The number of piperidine rings is 1. The average molecular weight is 434 g/mol. The van der Waals surface area contributed by atoms with Crippen LogP contribution in [0.3, 0.4) is 0 Å². The lowest BCUT2D eigenvalue weighted by atomic mass is 9.97. The Morgan fingerprint density at radius 1 is 1.13 bits per heavy atom. The van der Waals surface area contributed by atoms with Crippen LogP contribution in [0.2, 0.25) is 0 Å². The van der Waals surface area contributed by atoms with E-state index in [-0.39, 0.29) is 18.2 Å². The number of anilines is 1. The number of hydrogen-bond donors (Lipinski definition) is 0. The highest BCUT2D eigenvalue weighted by Gasteiger charge is 2.32. The number of pyridine rings is 1. The lowest BCUT2D eigenvalue weighted by molar-refractivity contribution is 0.00947. The quantitative estimate of drug-likeness (QED) is 0.575. The van der Waals surface area contributed by atoms with Gasteiger partial charge >= 0.3 is 12.2 Å². The standard InChI is InChI=1S/C24H39N3O4/c1-9-17(2)27(22(29)31-24(6,7)8)20-14-13-18(16-25-20)19-12-10-11-15-26(19)21(28)30-23(3,4)5/h13-14,16-17,19H,9-12,15H2,1-8H3. The minimum Gasteiger partial charge on any atom is -0.444 e. The summed E-state index contributed by atoms with van der Waals surface area (Å²) in [6, 6.07) is 3.66. The van der Waals surface area contributed by atoms with Crippen molar-refractivity contribution in [2.75, 3.05) is 11.4 Å². The van der Waals surface area contributed by atoms with Gasteiger partial charge in [0.25, 0.3) is 0 Å². The largest absolute Gasteiger partial charge is 0.444 e. The van der Waals surface area contributed by atoms with E-state index in [0.717, 1.165) is 31.2 Å². The van der Waals surface area contributed by atoms with Gasteiger partial charge in [0.1, 0.15) is 17.0 Å². The summed E-state index contributed by atoms with van der Waals surface area (Å²) in [4.78, 5) is 33.5. The Kier molecular flexibility index (Phi) is 7.95. The Hall–Kier alpha value is -2.31. The second-order valence-electron chi connectivity index (χ2n) is 10.2. The van der Waals surface area contributed by atoms with Gasteiger partial charge in [-0.25, -0.2) is 14.6 Å². The molecule has 2 atom stereocenters. The van der Waals surface area contributed by atoms with Crippen molar-refractivity contribution in [1.82, 2.24) is 9.88 Å². The van der Waals surface area contributed by atoms with Crippen LogP contribution in [0.5, 0.6) is 0 Å². The molecule has 2 rings (SSSR count). The van der Waals surface area contributed by atoms with Gasteiger partial charge in [0.15, 0.2) is 0 Å². The number of aromatic nitrogens is 1. The fraction of sp³-hybridized carbons (Fsp3) is 0.708. The molecule has 2 amide bonds. The number of ether oxygens (including phenoxy) is 2. The van der Waals surface area contributed by atoms with E-state index in [0.29, 0.717) is 12.4 Å². The fourth-order valence-electron chi connectivity index (χ4n) is 3.55. The van der Waals surface area contributed by atoms with E-state index < -0.39 is 17.3 Å². The predicted octanol–water partition coefficient (Wildman–Crippen LogP) is 6.08. The van der Waals surface area contributed by atoms with Crippen LogP contribution in [-0.4, -0.2) is 45.9 Å². The minimum atomic E-state index is -0.585. The van der Waals surface area contributed by atoms with Crippen LogP contribution >= 0.6 is 0 Å². The van der Waals surface area contributed by atoms with Crippen LogP contribution in [0.15, 0.2) is 18.3 Å². The van der Waals surface area contributed by atoms with Crippen LogP contribution in [-0.2, 0) is 9.47 Å². The number of carbonyl (C=O) groups excluding carboxylic acids is 2. The van der Waals surface area contributed by atoms with Gasteiger partial charge in [0.05, 0.1) is 6.04 Å². The van der Waals surface area contributed by atoms with Crippen LogP contribution in [0.25, 0.3) is 0 Å². The molecule has 2 heterocycles. The summed E-state index contributed by atoms with van der Waals surface area (Å²) >= 11 is 0. The first-order chi connectivity index (χ1) is 14.3. The predicted molar refractivity (Wildman–Crippen MR) is 122 cm³/mol. The highest BCUT2D eigenvalue weighted by atomic mass is 16.6. The van der Waals surface area contributed by atoms with E-state index in [1.54, 1.807) is 16.0 Å². The molecule has 0 N–H and O–H groups in total. The van der Waals surface area contributed by atoms with Gasteiger partial charge in [-0.2, -0.15) is 0 Å². The average Bonchev–Trinajstić information content (AvgIpc) is 2.66. The van der Waals surface area contributed by atoms with Crippen molar-refractivity contribution in [3.63, 3.8) is 0 Å². The molecule has 174 valence electrons. The summed E-state index contributed by atoms with van der Waals surface area (Å²) in [5, 5.41) is 0. The molecule has 1 aliphatic heterocycles. The van der Waals surface area contributed by atoms with Crippen molar-refractivity contribution in [3.8, 4) is 0 Å². The Labute approximate surface area is 187 Å². The van der Waals surface area contributed by atoms with Crippen LogP contribution in [0.1, 0.15) is 92.7 Å². The van der Waals surface area contributed by atoms with Gasteiger partial charge in [-0.05, 0) is 85.8 Å². The lowest BCUT2D eigenvalue weighted by Crippen LogP contribution is -2.43. The molecule has 0 aromatic carbocycles. The monoisotopic (exact) mass is 433 g/mol. The molecule has 0 spiro atoms. The number of rotatable bonds is 4. The van der Waals surface area contributed by atoms with Gasteiger partial charge in [-0.1, -0.05) is 13.0 Å². The molecule has 1 saturated heterocycles. The normalized spacial score (nSPS) is 18.3. The molecule has 1 aliphatic rings. The first-order valence-corrected chi connectivity index (χ1v) is 11.3. The van der Waals surface area contributed by atoms with Gasteiger partial charge in [0.2, 0.25) is 0 Å². The third-order valence-electron chi connectivity index (χ3n) is 5.15. The molecule has 0 aliphatic carbocycles. The van der Waals surface area contributed by atoms with Crippen molar-refractivity contribution in [1.29, 1.82) is 0 Å². The highest BCUT2D eigenvalue weighted by molar-refractivity contribution is 5.87. The molecule has 0 bridgehead atoms. The maximum Gasteiger partial charge on any atom is 0.416 e. The summed E-state index contributed by atoms with van der Waals surface area (Å²) in [5.74, 6) is 0.548. The van der Waals surface area contributed by atoms with E-state index in [4.69, 9.17) is 9.47 Å². The maximum absolute atomic E-state index is 12.8. The van der Waals surface area contributed by atoms with Crippen molar-refractivity contribution in [3.05, 3.63) is 23.9 Å². The Morgan fingerprint density at radius 3 is 2.29 bits per heavy atom. The molecule has 0 radical (unpaired) electrons. The summed E-state index contributed by atoms with van der Waals surface area (Å²) in [5.41, 5.74) is -0.174. The minimum absolute atomic E-state index is 0.0545. The number of nitrogens with zero attached hydrogens (tertiary/aromatic N) is 3. The molecule has 1 fully saturated rings. The molecule has 2 unspecified atom stereocenters. The number of carbonyl (C=O) groups is 2. The van der Waals surface area contributed by atoms with E-state index in [9.17, 15) is 9.59 Å². The molecular weight excluding hydrogens is 394 g/mol. The number of likely N-dealkylation sites (tertiary alicyclic amines) is 1. The summed E-state index contributed by atoms with van der Waals surface area (Å²) < 4.78 is 11.2. The smallest absolute Gasteiger partial charge is 0.416 e. The zero-order valence-corrected chi connectivity index (χ0v) is 20.4. The van der Waals surface area contributed by atoms with E-state index in [2.05, 4.69) is 4.98 Å². The molecule has 31 heavy (non-hydrogen) atoms. The molecule has 1 aromatic rings. The zero-order chi connectivity index (χ0) is 23.4. The van der Waals surface area contributed by atoms with E-state index >= 15 is 0 Å². The van der Waals surface area contributed by atoms with Crippen molar-refractivity contribution in [2.45, 2.75) is 104 Å². The van der Waals surface area contributed by atoms with Crippen molar-refractivity contribution >= 4 is 18.0 Å². The zero-order valence-electron chi connectivity index (χ0n) is 20.4. The van der Waals surface area contributed by atoms with Gasteiger partial charge in [0, 0.05) is 18.8 Å². The fourth-order valence-corrected chi connectivity index (χ4v) is 3.55.